The lowest BCUT2D eigenvalue weighted by atomic mass is 10.1. The Labute approximate surface area is 100 Å². The van der Waals surface area contributed by atoms with Gasteiger partial charge in [-0.2, -0.15) is 0 Å². The first-order chi connectivity index (χ1) is 7.95. The van der Waals surface area contributed by atoms with Crippen LogP contribution in [-0.2, 0) is 4.79 Å². The molecule has 1 rings (SSSR count). The SMILES string of the molecule is CCC(=O)c1ccc(OC(C)C(=O)O)c(C)c1. The van der Waals surface area contributed by atoms with Crippen molar-refractivity contribution in [3.8, 4) is 5.75 Å². The van der Waals surface area contributed by atoms with E-state index in [4.69, 9.17) is 9.84 Å². The molecule has 0 saturated heterocycles. The molecule has 4 nitrogen and oxygen atoms in total. The Morgan fingerprint density at radius 2 is 2.06 bits per heavy atom. The number of hydrogen-bond acceptors (Lipinski definition) is 3. The van der Waals surface area contributed by atoms with Crippen molar-refractivity contribution in [2.45, 2.75) is 33.3 Å². The minimum atomic E-state index is -1.02. The summed E-state index contributed by atoms with van der Waals surface area (Å²) in [6.07, 6.45) is -0.452. The van der Waals surface area contributed by atoms with Crippen LogP contribution in [0.15, 0.2) is 18.2 Å². The highest BCUT2D eigenvalue weighted by Crippen LogP contribution is 2.21. The van der Waals surface area contributed by atoms with E-state index in [2.05, 4.69) is 0 Å². The fourth-order valence-electron chi connectivity index (χ4n) is 1.40. The van der Waals surface area contributed by atoms with Crippen LogP contribution >= 0.6 is 0 Å². The monoisotopic (exact) mass is 236 g/mol. The van der Waals surface area contributed by atoms with Crippen molar-refractivity contribution in [1.82, 2.24) is 0 Å². The normalized spacial score (nSPS) is 11.9. The summed E-state index contributed by atoms with van der Waals surface area (Å²) >= 11 is 0. The van der Waals surface area contributed by atoms with Crippen molar-refractivity contribution >= 4 is 11.8 Å². The van der Waals surface area contributed by atoms with E-state index in [1.807, 2.05) is 0 Å². The van der Waals surface area contributed by atoms with Crippen molar-refractivity contribution < 1.29 is 19.4 Å². The molecule has 0 aromatic heterocycles. The molecule has 0 heterocycles. The maximum atomic E-state index is 11.5. The average molecular weight is 236 g/mol. The number of benzene rings is 1. The van der Waals surface area contributed by atoms with Crippen LogP contribution in [0.25, 0.3) is 0 Å². The molecule has 0 aliphatic carbocycles. The number of carbonyl (C=O) groups excluding carboxylic acids is 1. The highest BCUT2D eigenvalue weighted by Gasteiger charge is 2.14. The van der Waals surface area contributed by atoms with Gasteiger partial charge in [-0.15, -0.1) is 0 Å². The number of ether oxygens (including phenoxy) is 1. The minimum absolute atomic E-state index is 0.0610. The third-order valence-corrected chi connectivity index (χ3v) is 2.47. The standard InChI is InChI=1S/C13H16O4/c1-4-11(14)10-5-6-12(8(2)7-10)17-9(3)13(15)16/h5-7,9H,4H2,1-3H3,(H,15,16). The maximum Gasteiger partial charge on any atom is 0.344 e. The largest absolute Gasteiger partial charge is 0.479 e. The number of carbonyl (C=O) groups is 2. The average Bonchev–Trinajstić information content (AvgIpc) is 2.30. The number of hydrogen-bond donors (Lipinski definition) is 1. The molecule has 1 unspecified atom stereocenters. The van der Waals surface area contributed by atoms with Crippen molar-refractivity contribution in [3.63, 3.8) is 0 Å². The zero-order valence-electron chi connectivity index (χ0n) is 10.2. The number of rotatable bonds is 5. The Kier molecular flexibility index (Phi) is 4.26. The van der Waals surface area contributed by atoms with E-state index in [1.165, 1.54) is 6.92 Å². The van der Waals surface area contributed by atoms with Crippen LogP contribution in [0.5, 0.6) is 5.75 Å². The molecule has 0 aliphatic rings. The van der Waals surface area contributed by atoms with Crippen molar-refractivity contribution in [3.05, 3.63) is 29.3 Å². The molecule has 0 amide bonds. The summed E-state index contributed by atoms with van der Waals surface area (Å²) in [5, 5.41) is 8.74. The summed E-state index contributed by atoms with van der Waals surface area (Å²) in [5.74, 6) is -0.461. The first-order valence-electron chi connectivity index (χ1n) is 5.49. The third-order valence-electron chi connectivity index (χ3n) is 2.47. The van der Waals surface area contributed by atoms with E-state index in [0.717, 1.165) is 5.56 Å². The molecule has 0 aliphatic heterocycles. The van der Waals surface area contributed by atoms with Gasteiger partial charge < -0.3 is 9.84 Å². The summed E-state index contributed by atoms with van der Waals surface area (Å²) in [6, 6.07) is 5.01. The van der Waals surface area contributed by atoms with Crippen LogP contribution in [0.1, 0.15) is 36.2 Å². The van der Waals surface area contributed by atoms with Gasteiger partial charge in [-0.25, -0.2) is 4.79 Å². The van der Waals surface area contributed by atoms with Gasteiger partial charge in [-0.3, -0.25) is 4.79 Å². The number of aliphatic carboxylic acids is 1. The summed E-state index contributed by atoms with van der Waals surface area (Å²) in [6.45, 7) is 5.05. The van der Waals surface area contributed by atoms with Gasteiger partial charge >= 0.3 is 5.97 Å². The molecule has 4 heteroatoms. The van der Waals surface area contributed by atoms with E-state index in [1.54, 1.807) is 32.0 Å². The number of carboxylic acid groups (broad SMARTS) is 1. The number of Topliss-reactive ketones (excluding diaryl/α,β-unsaturated/α-hetero) is 1. The molecule has 0 radical (unpaired) electrons. The molecule has 17 heavy (non-hydrogen) atoms. The Hall–Kier alpha value is -1.84. The second-order valence-electron chi connectivity index (χ2n) is 3.86. The van der Waals surface area contributed by atoms with Crippen LogP contribution in [-0.4, -0.2) is 23.0 Å². The smallest absolute Gasteiger partial charge is 0.344 e. The molecule has 1 atom stereocenters. The first-order valence-corrected chi connectivity index (χ1v) is 5.49. The fourth-order valence-corrected chi connectivity index (χ4v) is 1.40. The van der Waals surface area contributed by atoms with E-state index < -0.39 is 12.1 Å². The molecule has 0 saturated carbocycles. The van der Waals surface area contributed by atoms with E-state index in [9.17, 15) is 9.59 Å². The zero-order chi connectivity index (χ0) is 13.0. The van der Waals surface area contributed by atoms with E-state index in [0.29, 0.717) is 17.7 Å². The van der Waals surface area contributed by atoms with Gasteiger partial charge in [0, 0.05) is 12.0 Å². The van der Waals surface area contributed by atoms with E-state index in [-0.39, 0.29) is 5.78 Å². The summed E-state index contributed by atoms with van der Waals surface area (Å²) in [7, 11) is 0. The number of aryl methyl sites for hydroxylation is 1. The molecule has 1 N–H and O–H groups in total. The van der Waals surface area contributed by atoms with Crippen molar-refractivity contribution in [2.24, 2.45) is 0 Å². The summed E-state index contributed by atoms with van der Waals surface area (Å²) in [5.41, 5.74) is 1.39. The lowest BCUT2D eigenvalue weighted by Gasteiger charge is -2.13. The zero-order valence-corrected chi connectivity index (χ0v) is 10.2. The molecule has 0 fully saturated rings. The van der Waals surface area contributed by atoms with Crippen LogP contribution in [0.4, 0.5) is 0 Å². The minimum Gasteiger partial charge on any atom is -0.479 e. The van der Waals surface area contributed by atoms with Gasteiger partial charge in [0.2, 0.25) is 0 Å². The van der Waals surface area contributed by atoms with Crippen LogP contribution in [0.3, 0.4) is 0 Å². The number of ketones is 1. The molecular formula is C13H16O4. The lowest BCUT2D eigenvalue weighted by Crippen LogP contribution is -2.23. The lowest BCUT2D eigenvalue weighted by molar-refractivity contribution is -0.144. The van der Waals surface area contributed by atoms with Gasteiger partial charge in [0.1, 0.15) is 5.75 Å². The van der Waals surface area contributed by atoms with Crippen LogP contribution < -0.4 is 4.74 Å². The Morgan fingerprint density at radius 1 is 1.41 bits per heavy atom. The highest BCUT2D eigenvalue weighted by atomic mass is 16.5. The number of carboxylic acids is 1. The predicted molar refractivity (Wildman–Crippen MR) is 63.5 cm³/mol. The third kappa shape index (κ3) is 3.31. The Morgan fingerprint density at radius 3 is 2.53 bits per heavy atom. The highest BCUT2D eigenvalue weighted by molar-refractivity contribution is 5.96. The van der Waals surface area contributed by atoms with E-state index >= 15 is 0 Å². The molecule has 1 aromatic carbocycles. The predicted octanol–water partition coefficient (Wildman–Crippen LogP) is 2.44. The summed E-state index contributed by atoms with van der Waals surface area (Å²) < 4.78 is 5.26. The van der Waals surface area contributed by atoms with Gasteiger partial charge in [-0.1, -0.05) is 6.92 Å². The van der Waals surface area contributed by atoms with Gasteiger partial charge in [-0.05, 0) is 37.6 Å². The summed E-state index contributed by atoms with van der Waals surface area (Å²) in [4.78, 5) is 22.1. The first kappa shape index (κ1) is 13.2. The molecular weight excluding hydrogens is 220 g/mol. The Balaban J connectivity index is 2.90. The maximum absolute atomic E-state index is 11.5. The topological polar surface area (TPSA) is 63.6 Å². The molecule has 0 spiro atoms. The van der Waals surface area contributed by atoms with Gasteiger partial charge in [0.05, 0.1) is 0 Å². The Bertz CT molecular complexity index is 437. The molecule has 1 aromatic rings. The van der Waals surface area contributed by atoms with Crippen molar-refractivity contribution in [1.29, 1.82) is 0 Å². The fraction of sp³-hybridized carbons (Fsp3) is 0.385. The second kappa shape index (κ2) is 5.48. The second-order valence-corrected chi connectivity index (χ2v) is 3.86. The van der Waals surface area contributed by atoms with Gasteiger partial charge in [0.15, 0.2) is 11.9 Å². The molecule has 92 valence electrons. The quantitative estimate of drug-likeness (QED) is 0.797. The van der Waals surface area contributed by atoms with Crippen LogP contribution in [0, 0.1) is 6.92 Å². The van der Waals surface area contributed by atoms with Gasteiger partial charge in [0.25, 0.3) is 0 Å². The van der Waals surface area contributed by atoms with Crippen LogP contribution in [0.2, 0.25) is 0 Å². The van der Waals surface area contributed by atoms with Crippen molar-refractivity contribution in [2.75, 3.05) is 0 Å². The molecule has 0 bridgehead atoms.